The fraction of sp³-hybridized carbons (Fsp3) is 0.545. The van der Waals surface area contributed by atoms with Crippen LogP contribution >= 0.6 is 0 Å². The first-order chi connectivity index (χ1) is 10.1. The van der Waals surface area contributed by atoms with E-state index in [2.05, 4.69) is 25.8 Å². The smallest absolute Gasteiger partial charge is 0.222 e. The van der Waals surface area contributed by atoms with Crippen molar-refractivity contribution >= 4 is 22.8 Å². The Kier molecular flexibility index (Phi) is 3.49. The maximum absolute atomic E-state index is 11.1. The summed E-state index contributed by atoms with van der Waals surface area (Å²) in [6, 6.07) is 0. The van der Waals surface area contributed by atoms with Gasteiger partial charge in [-0.3, -0.25) is 4.79 Å². The van der Waals surface area contributed by atoms with Gasteiger partial charge in [0.2, 0.25) is 5.91 Å². The van der Waals surface area contributed by atoms with E-state index in [1.54, 1.807) is 0 Å². The van der Waals surface area contributed by atoms with Crippen molar-refractivity contribution < 1.29 is 19.7 Å². The number of amides is 1. The number of hydrogen-bond donors (Lipinski definition) is 3. The number of anilines is 1. The highest BCUT2D eigenvalue weighted by molar-refractivity contribution is 5.96. The van der Waals surface area contributed by atoms with Gasteiger partial charge in [-0.15, -0.1) is 10.2 Å². The molecule has 0 radical (unpaired) electrons. The predicted octanol–water partition coefficient (Wildman–Crippen LogP) is -1.18. The average Bonchev–Trinajstić information content (AvgIpc) is 3.02. The Labute approximate surface area is 118 Å². The summed E-state index contributed by atoms with van der Waals surface area (Å²) in [5.74, 6) is -0.0200. The molecule has 3 atom stereocenters. The molecule has 10 heteroatoms. The zero-order chi connectivity index (χ0) is 15.0. The van der Waals surface area contributed by atoms with Gasteiger partial charge in [0, 0.05) is 13.3 Å². The van der Waals surface area contributed by atoms with Crippen LogP contribution in [0.3, 0.4) is 0 Å². The predicted molar refractivity (Wildman–Crippen MR) is 69.0 cm³/mol. The van der Waals surface area contributed by atoms with Gasteiger partial charge < -0.3 is 20.3 Å². The molecule has 2 aromatic rings. The van der Waals surface area contributed by atoms with Crippen LogP contribution < -0.4 is 5.32 Å². The summed E-state index contributed by atoms with van der Waals surface area (Å²) in [5.41, 5.74) is 0.379. The normalized spacial score (nSPS) is 25.4. The Hall–Kier alpha value is -2.17. The maximum Gasteiger partial charge on any atom is 0.222 e. The lowest BCUT2D eigenvalue weighted by atomic mass is 10.2. The Morgan fingerprint density at radius 1 is 1.57 bits per heavy atom. The first-order valence-electron chi connectivity index (χ1n) is 6.38. The molecule has 0 aromatic carbocycles. The van der Waals surface area contributed by atoms with Crippen LogP contribution in [0.1, 0.15) is 19.6 Å². The molecule has 1 saturated heterocycles. The van der Waals surface area contributed by atoms with Crippen LogP contribution in [0.25, 0.3) is 11.0 Å². The fourth-order valence-corrected chi connectivity index (χ4v) is 2.28. The Morgan fingerprint density at radius 3 is 3.05 bits per heavy atom. The second-order valence-corrected chi connectivity index (χ2v) is 4.76. The van der Waals surface area contributed by atoms with E-state index < -0.39 is 18.4 Å². The molecule has 0 unspecified atom stereocenters. The molecule has 1 amide bonds. The highest BCUT2D eigenvalue weighted by Gasteiger charge is 2.36. The minimum absolute atomic E-state index is 0.260. The van der Waals surface area contributed by atoms with Gasteiger partial charge in [-0.1, -0.05) is 0 Å². The fourth-order valence-electron chi connectivity index (χ4n) is 2.28. The van der Waals surface area contributed by atoms with Crippen molar-refractivity contribution in [1.29, 1.82) is 0 Å². The second kappa shape index (κ2) is 5.31. The zero-order valence-corrected chi connectivity index (χ0v) is 11.2. The molecule has 3 N–H and O–H groups in total. The van der Waals surface area contributed by atoms with Gasteiger partial charge in [-0.05, 0) is 5.21 Å². The van der Waals surface area contributed by atoms with Gasteiger partial charge in [-0.2, -0.15) is 5.10 Å². The number of nitrogens with one attached hydrogen (secondary N) is 1. The topological polar surface area (TPSA) is 135 Å². The van der Waals surface area contributed by atoms with Crippen LogP contribution in [0, 0.1) is 0 Å². The zero-order valence-electron chi connectivity index (χ0n) is 11.2. The number of ether oxygens (including phenoxy) is 1. The number of nitrogens with zero attached hydrogens (tertiary/aromatic N) is 5. The molecule has 10 nitrogen and oxygen atoms in total. The first kappa shape index (κ1) is 13.8. The highest BCUT2D eigenvalue weighted by atomic mass is 16.5. The van der Waals surface area contributed by atoms with E-state index in [4.69, 9.17) is 9.84 Å². The van der Waals surface area contributed by atoms with Crippen molar-refractivity contribution in [2.75, 3.05) is 11.9 Å². The monoisotopic (exact) mass is 294 g/mol. The molecule has 3 rings (SSSR count). The average molecular weight is 294 g/mol. The van der Waals surface area contributed by atoms with Crippen molar-refractivity contribution in [3.05, 3.63) is 6.20 Å². The Balaban J connectivity index is 1.96. The molecule has 0 saturated carbocycles. The van der Waals surface area contributed by atoms with Gasteiger partial charge in [0.15, 0.2) is 17.7 Å². The molecule has 3 heterocycles. The van der Waals surface area contributed by atoms with E-state index in [0.29, 0.717) is 11.0 Å². The number of aliphatic hydroxyl groups is 2. The van der Waals surface area contributed by atoms with Crippen molar-refractivity contribution in [1.82, 2.24) is 25.2 Å². The lowest BCUT2D eigenvalue weighted by molar-refractivity contribution is -0.114. The summed E-state index contributed by atoms with van der Waals surface area (Å²) in [6.45, 7) is 1.09. The summed E-state index contributed by atoms with van der Waals surface area (Å²) in [6.07, 6.45) is -0.217. The van der Waals surface area contributed by atoms with Crippen LogP contribution in [0.2, 0.25) is 0 Å². The summed E-state index contributed by atoms with van der Waals surface area (Å²) in [5, 5.41) is 37.3. The Morgan fingerprint density at radius 2 is 2.38 bits per heavy atom. The van der Waals surface area contributed by atoms with E-state index >= 15 is 0 Å². The highest BCUT2D eigenvalue weighted by Crippen LogP contribution is 2.30. The largest absolute Gasteiger partial charge is 0.394 e. The third-order valence-corrected chi connectivity index (χ3v) is 3.26. The van der Waals surface area contributed by atoms with Gasteiger partial charge >= 0.3 is 0 Å². The van der Waals surface area contributed by atoms with E-state index in [9.17, 15) is 9.90 Å². The van der Waals surface area contributed by atoms with Crippen molar-refractivity contribution in [3.63, 3.8) is 0 Å². The van der Waals surface area contributed by atoms with Gasteiger partial charge in [0.25, 0.3) is 0 Å². The maximum atomic E-state index is 11.1. The number of carbonyl (C=O) groups is 1. The molecule has 2 aromatic heterocycles. The molecule has 1 fully saturated rings. The van der Waals surface area contributed by atoms with Gasteiger partial charge in [0.05, 0.1) is 24.3 Å². The number of rotatable bonds is 3. The standard InChI is InChI=1S/C11H14N6O4/c1-5(19)13-10-6-3-12-17(11(6)15-16-14-10)9-2-7(20)8(4-18)21-9/h3,7-9,18,20H,2,4H2,1H3,(H,13,14,15,19)/t7-,8+,9+/m0/s1. The molecule has 0 bridgehead atoms. The second-order valence-electron chi connectivity index (χ2n) is 4.76. The van der Waals surface area contributed by atoms with E-state index in [-0.39, 0.29) is 24.8 Å². The van der Waals surface area contributed by atoms with Gasteiger partial charge in [0.1, 0.15) is 6.10 Å². The molecule has 1 aliphatic rings. The summed E-state index contributed by atoms with van der Waals surface area (Å²) in [4.78, 5) is 11.1. The molecule has 0 spiro atoms. The Bertz CT molecular complexity index is 674. The van der Waals surface area contributed by atoms with Crippen molar-refractivity contribution in [2.24, 2.45) is 0 Å². The summed E-state index contributed by atoms with van der Waals surface area (Å²) in [7, 11) is 0. The van der Waals surface area contributed by atoms with Crippen LogP contribution in [0.4, 0.5) is 5.82 Å². The van der Waals surface area contributed by atoms with Crippen LogP contribution in [-0.4, -0.2) is 60.1 Å². The lowest BCUT2D eigenvalue weighted by Crippen LogP contribution is -2.24. The number of hydrogen-bond acceptors (Lipinski definition) is 8. The summed E-state index contributed by atoms with van der Waals surface area (Å²) >= 11 is 0. The van der Waals surface area contributed by atoms with E-state index in [1.807, 2.05) is 0 Å². The van der Waals surface area contributed by atoms with Crippen LogP contribution in [-0.2, 0) is 9.53 Å². The van der Waals surface area contributed by atoms with Crippen molar-refractivity contribution in [3.8, 4) is 0 Å². The molecule has 112 valence electrons. The summed E-state index contributed by atoms with van der Waals surface area (Å²) < 4.78 is 6.97. The van der Waals surface area contributed by atoms with E-state index in [0.717, 1.165) is 0 Å². The molecular weight excluding hydrogens is 280 g/mol. The molecule has 1 aliphatic heterocycles. The molecule has 0 aliphatic carbocycles. The van der Waals surface area contributed by atoms with Gasteiger partial charge in [-0.25, -0.2) is 4.68 Å². The van der Waals surface area contributed by atoms with Crippen LogP contribution in [0.15, 0.2) is 6.20 Å². The minimum Gasteiger partial charge on any atom is -0.394 e. The van der Waals surface area contributed by atoms with Crippen molar-refractivity contribution in [2.45, 2.75) is 31.8 Å². The third-order valence-electron chi connectivity index (χ3n) is 3.26. The SMILES string of the molecule is CC(=O)Nc1nnnc2c1cnn2[C@H]1C[C@H](O)[C@@H](CO)O1. The minimum atomic E-state index is -0.774. The molecule has 21 heavy (non-hydrogen) atoms. The van der Waals surface area contributed by atoms with E-state index in [1.165, 1.54) is 17.8 Å². The number of aliphatic hydroxyl groups excluding tert-OH is 2. The lowest BCUT2D eigenvalue weighted by Gasteiger charge is -2.12. The quantitative estimate of drug-likeness (QED) is 0.643. The van der Waals surface area contributed by atoms with Crippen LogP contribution in [0.5, 0.6) is 0 Å². The number of carbonyl (C=O) groups excluding carboxylic acids is 1. The third kappa shape index (κ3) is 2.44. The first-order valence-corrected chi connectivity index (χ1v) is 6.38. The molecular formula is C11H14N6O4. The number of aromatic nitrogens is 5. The number of fused-ring (bicyclic) bond motifs is 1.